The molecule has 88 heavy (non-hydrogen) atoms. The molecule has 24 heteroatoms. The van der Waals surface area contributed by atoms with Crippen LogP contribution in [-0.2, 0) is 47.7 Å². The van der Waals surface area contributed by atoms with Gasteiger partial charge in [0.25, 0.3) is 11.7 Å². The van der Waals surface area contributed by atoms with E-state index in [2.05, 4.69) is 14.6 Å². The van der Waals surface area contributed by atoms with E-state index in [1.54, 1.807) is 27.9 Å². The number of hydrogen-bond acceptors (Lipinski definition) is 18. The van der Waals surface area contributed by atoms with E-state index >= 15 is 0 Å². The van der Waals surface area contributed by atoms with Crippen molar-refractivity contribution >= 4 is 35.2 Å². The number of Topliss-reactive ketones (excluding diaryl/α,β-unsaturated/α-hetero) is 2. The second-order valence-corrected chi connectivity index (χ2v) is 26.7. The number of aliphatic hydroxyl groups is 3. The summed E-state index contributed by atoms with van der Waals surface area (Å²) in [5.74, 6) is -8.95. The monoisotopic (exact) mass is 1240 g/mol. The minimum atomic E-state index is -4.94. The molecule has 7 aliphatic rings. The smallest absolute Gasteiger partial charge is 0.456 e. The molecular weight excluding hydrogens is 1150 g/mol. The summed E-state index contributed by atoms with van der Waals surface area (Å²) in [6, 6.07) is 2.02. The number of likely N-dealkylation sites (tertiary alicyclic amines) is 2. The number of anilines is 1. The normalized spacial score (nSPS) is 36.0. The number of piperidine rings is 2. The van der Waals surface area contributed by atoms with Crippen molar-refractivity contribution in [1.82, 2.24) is 29.5 Å². The molecule has 0 aromatic carbocycles. The molecule has 16 atom stereocenters. The molecule has 4 saturated heterocycles. The molecule has 2 unspecified atom stereocenters. The van der Waals surface area contributed by atoms with Gasteiger partial charge in [0.1, 0.15) is 24.0 Å². The van der Waals surface area contributed by atoms with Crippen molar-refractivity contribution in [3.8, 4) is 17.0 Å². The number of fused-ring (bicyclic) bond motifs is 4. The Kier molecular flexibility index (Phi) is 21.1. The molecule has 21 nitrogen and oxygen atoms in total. The molecule has 2 aromatic rings. The molecule has 2 saturated carbocycles. The highest BCUT2D eigenvalue weighted by atomic mass is 19.4. The van der Waals surface area contributed by atoms with Crippen molar-refractivity contribution in [1.29, 1.82) is 0 Å². The fourth-order valence-electron chi connectivity index (χ4n) is 14.9. The van der Waals surface area contributed by atoms with Gasteiger partial charge in [0.2, 0.25) is 11.7 Å². The average molecular weight is 1240 g/mol. The number of halogens is 3. The van der Waals surface area contributed by atoms with Crippen molar-refractivity contribution in [3.63, 3.8) is 0 Å². The Morgan fingerprint density at radius 3 is 2.25 bits per heavy atom. The number of cyclic esters (lactones) is 1. The maximum Gasteiger partial charge on any atom is 0.573 e. The van der Waals surface area contributed by atoms with E-state index in [0.717, 1.165) is 29.3 Å². The number of aliphatic hydroxyl groups excluding tert-OH is 2. The number of allylic oxidation sites excluding steroid dienone is 3. The number of ether oxygens (including phenoxy) is 6. The summed E-state index contributed by atoms with van der Waals surface area (Å²) in [5.41, 5.74) is 8.97. The van der Waals surface area contributed by atoms with Crippen LogP contribution in [0, 0.1) is 41.4 Å². The lowest BCUT2D eigenvalue weighted by Gasteiger charge is -2.47. The summed E-state index contributed by atoms with van der Waals surface area (Å²) in [6.45, 7) is 15.7. The maximum absolute atomic E-state index is 14.8. The van der Waals surface area contributed by atoms with Gasteiger partial charge in [-0.25, -0.2) is 9.78 Å². The van der Waals surface area contributed by atoms with Gasteiger partial charge in [-0.05, 0) is 133 Å². The van der Waals surface area contributed by atoms with E-state index in [-0.39, 0.29) is 86.0 Å². The predicted octanol–water partition coefficient (Wildman–Crippen LogP) is 6.72. The number of esters is 1. The largest absolute Gasteiger partial charge is 0.573 e. The Balaban J connectivity index is 0.912. The third-order valence-corrected chi connectivity index (χ3v) is 20.1. The fourth-order valence-corrected chi connectivity index (χ4v) is 14.9. The number of aromatic nitrogens is 3. The zero-order valence-corrected chi connectivity index (χ0v) is 52.5. The molecular formula is C64H92F3N7O14. The minimum Gasteiger partial charge on any atom is -0.456 e. The van der Waals surface area contributed by atoms with Crippen molar-refractivity contribution in [2.24, 2.45) is 41.4 Å². The van der Waals surface area contributed by atoms with Crippen LogP contribution in [0.1, 0.15) is 143 Å². The number of carbonyl (C=O) groups is 5. The number of nitrogens with zero attached hydrogens (tertiary/aromatic N) is 6. The summed E-state index contributed by atoms with van der Waals surface area (Å²) in [6.07, 6.45) is -1.91. The Bertz CT molecular complexity index is 2900. The second-order valence-electron chi connectivity index (χ2n) is 26.7. The lowest BCUT2D eigenvalue weighted by Crippen LogP contribution is -2.64. The third kappa shape index (κ3) is 14.7. The van der Waals surface area contributed by atoms with Crippen LogP contribution in [0.2, 0.25) is 0 Å². The zero-order chi connectivity index (χ0) is 63.8. The SMILES string of the molecule is CO[C@H]1C[C@@H](C)C/C(C)=C/[C@@H](CCC(=O)N2CC(N3CC4C(C3)C4c3cc(-c4cnc(N)c(OC(F)(F)F)c4)nn3C(C)C)C2)C(=O)C[C@H](O)[C@@H](C)[C@@H](/C(C)=C/[C@@H]2CC[C@@H](O)[C@H](OC)C2)OC(=O)[C@@H]2CCCCN2C(=O)C(=O)[C@]2(O)O[C@H]1[C@@H](OC)C[C@H]2C. The first-order valence-electron chi connectivity index (χ1n) is 31.5. The lowest BCUT2D eigenvalue weighted by atomic mass is 9.81. The summed E-state index contributed by atoms with van der Waals surface area (Å²) in [5, 5.41) is 39.9. The Hall–Kier alpha value is -5.34. The predicted molar refractivity (Wildman–Crippen MR) is 316 cm³/mol. The van der Waals surface area contributed by atoms with Crippen LogP contribution in [-0.4, -0.2) is 195 Å². The Morgan fingerprint density at radius 1 is 0.909 bits per heavy atom. The molecule has 2 bridgehead atoms. The summed E-state index contributed by atoms with van der Waals surface area (Å²) < 4.78 is 75.8. The van der Waals surface area contributed by atoms with Gasteiger partial charge in [0, 0.05) is 120 Å². The van der Waals surface area contributed by atoms with Crippen molar-refractivity contribution in [2.45, 2.75) is 204 Å². The summed E-state index contributed by atoms with van der Waals surface area (Å²) in [4.78, 5) is 82.0. The van der Waals surface area contributed by atoms with Crippen LogP contribution >= 0.6 is 0 Å². The van der Waals surface area contributed by atoms with E-state index in [0.29, 0.717) is 86.7 Å². The van der Waals surface area contributed by atoms with Gasteiger partial charge in [-0.2, -0.15) is 5.10 Å². The number of pyridine rings is 1. The van der Waals surface area contributed by atoms with Gasteiger partial charge in [-0.15, -0.1) is 13.2 Å². The average Bonchev–Trinajstić information content (AvgIpc) is 1.56. The van der Waals surface area contributed by atoms with Gasteiger partial charge in [0.05, 0.1) is 36.2 Å². The van der Waals surface area contributed by atoms with Crippen LogP contribution in [0.15, 0.2) is 41.6 Å². The van der Waals surface area contributed by atoms with Gasteiger partial charge in [0.15, 0.2) is 11.6 Å². The second kappa shape index (κ2) is 27.6. The number of alkyl halides is 3. The molecule has 488 valence electrons. The quantitative estimate of drug-likeness (QED) is 0.0921. The number of hydrogen-bond donors (Lipinski definition) is 4. The minimum absolute atomic E-state index is 0.0225. The van der Waals surface area contributed by atoms with Crippen LogP contribution in [0.3, 0.4) is 0 Å². The van der Waals surface area contributed by atoms with Crippen LogP contribution in [0.5, 0.6) is 5.75 Å². The zero-order valence-electron chi connectivity index (χ0n) is 52.5. The molecule has 2 aliphatic carbocycles. The number of nitrogens with two attached hydrogens (primary N) is 1. The highest BCUT2D eigenvalue weighted by molar-refractivity contribution is 6.39. The number of rotatable bonds is 13. The molecule has 5 aliphatic heterocycles. The van der Waals surface area contributed by atoms with Gasteiger partial charge >= 0.3 is 12.3 Å². The summed E-state index contributed by atoms with van der Waals surface area (Å²) in [7, 11) is 4.55. The first-order chi connectivity index (χ1) is 41.6. The highest BCUT2D eigenvalue weighted by Gasteiger charge is 2.60. The number of ketones is 2. The fraction of sp³-hybridized carbons (Fsp3) is 0.734. The van der Waals surface area contributed by atoms with Gasteiger partial charge in [-0.3, -0.25) is 28.8 Å². The number of carbonyl (C=O) groups excluding carboxylic acids is 5. The van der Waals surface area contributed by atoms with Crippen molar-refractivity contribution < 1.29 is 80.9 Å². The van der Waals surface area contributed by atoms with Crippen LogP contribution < -0.4 is 10.5 Å². The van der Waals surface area contributed by atoms with Gasteiger partial charge < -0.3 is 59.3 Å². The number of amides is 2. The summed E-state index contributed by atoms with van der Waals surface area (Å²) >= 11 is 0. The molecule has 2 amide bonds. The van der Waals surface area contributed by atoms with Crippen LogP contribution in [0.4, 0.5) is 19.0 Å². The lowest BCUT2D eigenvalue weighted by molar-refractivity contribution is -0.302. The third-order valence-electron chi connectivity index (χ3n) is 20.1. The maximum atomic E-state index is 14.8. The van der Waals surface area contributed by atoms with Crippen molar-refractivity contribution in [3.05, 3.63) is 47.3 Å². The van der Waals surface area contributed by atoms with E-state index in [9.17, 15) is 52.5 Å². The molecule has 0 spiro atoms. The number of nitrogen functional groups attached to an aromatic ring is 1. The first kappa shape index (κ1) is 67.1. The standard InChI is InChI=1S/C64H92F3N7O14/c1-33(2)74-47(26-45(70-74)41-25-54(60(68)69-28-41)87-64(65,66)67)56-43-31-71(32-44(43)56)42-29-72(30-42)55(78)17-15-40-20-34(3)19-35(4)21-52(84-9)58-53(85-10)23-37(6)63(82,88-58)59(79)61(80)73-18-12-11-13-46(73)62(81)86-57(38(7)49(76)27-50(40)77)36(5)22-39-14-16-48(75)51(24-39)83-8/h20,22,25-26,28,33,35,37-40,42-44,46,48-49,51-53,56-58,75-76,82H,11-19,21,23-24,27,29-32H2,1-10H3,(H2,68,69)/b34-20+,36-22+/t35-,37+,38+,39-,40+,43?,44?,46-,48+,49-,51+,52-,53-,56?,57+,58+,63+/m0/s1. The van der Waals surface area contributed by atoms with Gasteiger partial charge in [-0.1, -0.05) is 38.5 Å². The molecule has 0 radical (unpaired) electrons. The molecule has 7 heterocycles. The molecule has 6 fully saturated rings. The first-order valence-corrected chi connectivity index (χ1v) is 31.5. The highest BCUT2D eigenvalue weighted by Crippen LogP contribution is 2.59. The van der Waals surface area contributed by atoms with E-state index < -0.39 is 102 Å². The van der Waals surface area contributed by atoms with E-state index in [1.165, 1.54) is 26.5 Å². The van der Waals surface area contributed by atoms with Crippen LogP contribution in [0.25, 0.3) is 11.3 Å². The molecule has 9 rings (SSSR count). The van der Waals surface area contributed by atoms with E-state index in [1.807, 2.05) is 55.5 Å². The molecule has 2 aromatic heterocycles. The Morgan fingerprint density at radius 2 is 1.59 bits per heavy atom. The topological polar surface area (TPSA) is 268 Å². The molecule has 5 N–H and O–H groups in total. The van der Waals surface area contributed by atoms with Crippen molar-refractivity contribution in [2.75, 3.05) is 59.8 Å². The van der Waals surface area contributed by atoms with E-state index in [4.69, 9.17) is 34.5 Å². The number of methoxy groups -OCH3 is 3. The Labute approximate surface area is 513 Å².